The predicted octanol–water partition coefficient (Wildman–Crippen LogP) is 4.90. The Bertz CT molecular complexity index is 926. The van der Waals surface area contributed by atoms with Gasteiger partial charge in [-0.3, -0.25) is 4.79 Å². The minimum Gasteiger partial charge on any atom is -0.368 e. The first-order valence-corrected chi connectivity index (χ1v) is 10.6. The lowest BCUT2D eigenvalue weighted by molar-refractivity contribution is 0.0742. The number of hydrogen-bond donors (Lipinski definition) is 0. The number of rotatable bonds is 4. The summed E-state index contributed by atoms with van der Waals surface area (Å²) in [5, 5.41) is 2.79. The molecule has 0 unspecified atom stereocenters. The van der Waals surface area contributed by atoms with Crippen molar-refractivity contribution in [2.24, 2.45) is 0 Å². The Labute approximate surface area is 170 Å². The number of aromatic nitrogens is 1. The van der Waals surface area contributed by atoms with E-state index in [1.54, 1.807) is 0 Å². The number of hydrogen-bond acceptors (Lipinski definition) is 4. The summed E-state index contributed by atoms with van der Waals surface area (Å²) in [6, 6.07) is 18.9. The van der Waals surface area contributed by atoms with Crippen LogP contribution in [0, 0.1) is 0 Å². The second-order valence-electron chi connectivity index (χ2n) is 7.43. The number of para-hydroxylation sites is 1. The standard InChI is InChI=1S/C23H25N3OS/c1-17(2)18-8-10-19(11-9-18)22-24-21(16-28-22)23(27)26-14-12-25(13-15-26)20-6-4-3-5-7-20/h3-11,16-17H,12-15H2,1-2H3. The van der Waals surface area contributed by atoms with Crippen LogP contribution in [0.5, 0.6) is 0 Å². The van der Waals surface area contributed by atoms with Crippen molar-refractivity contribution in [2.75, 3.05) is 31.1 Å². The summed E-state index contributed by atoms with van der Waals surface area (Å²) < 4.78 is 0. The zero-order chi connectivity index (χ0) is 19.5. The molecule has 1 fully saturated rings. The summed E-state index contributed by atoms with van der Waals surface area (Å²) >= 11 is 1.54. The molecule has 4 rings (SSSR count). The zero-order valence-corrected chi connectivity index (χ0v) is 17.2. The van der Waals surface area contributed by atoms with Crippen LogP contribution in [0.2, 0.25) is 0 Å². The van der Waals surface area contributed by atoms with Crippen molar-refractivity contribution in [1.82, 2.24) is 9.88 Å². The van der Waals surface area contributed by atoms with Crippen molar-refractivity contribution in [2.45, 2.75) is 19.8 Å². The first-order chi connectivity index (χ1) is 13.6. The van der Waals surface area contributed by atoms with Gasteiger partial charge in [0.05, 0.1) is 0 Å². The highest BCUT2D eigenvalue weighted by molar-refractivity contribution is 7.13. The highest BCUT2D eigenvalue weighted by Crippen LogP contribution is 2.26. The average molecular weight is 392 g/mol. The van der Waals surface area contributed by atoms with Crippen molar-refractivity contribution in [3.63, 3.8) is 0 Å². The molecule has 0 saturated carbocycles. The normalized spacial score (nSPS) is 14.5. The maximum absolute atomic E-state index is 12.9. The third-order valence-electron chi connectivity index (χ3n) is 5.24. The van der Waals surface area contributed by atoms with Gasteiger partial charge in [-0.15, -0.1) is 11.3 Å². The van der Waals surface area contributed by atoms with Crippen LogP contribution < -0.4 is 4.90 Å². The number of thiazole rings is 1. The van der Waals surface area contributed by atoms with Gasteiger partial charge in [-0.2, -0.15) is 0 Å². The minimum atomic E-state index is 0.0361. The van der Waals surface area contributed by atoms with Crippen molar-refractivity contribution in [3.8, 4) is 10.6 Å². The lowest BCUT2D eigenvalue weighted by Gasteiger charge is -2.35. The van der Waals surface area contributed by atoms with Gasteiger partial charge in [-0.25, -0.2) is 4.98 Å². The number of carbonyl (C=O) groups excluding carboxylic acids is 1. The Morgan fingerprint density at radius 2 is 1.64 bits per heavy atom. The molecule has 0 N–H and O–H groups in total. The van der Waals surface area contributed by atoms with Gasteiger partial charge in [-0.1, -0.05) is 56.3 Å². The summed E-state index contributed by atoms with van der Waals surface area (Å²) in [6.07, 6.45) is 0. The summed E-state index contributed by atoms with van der Waals surface area (Å²) in [5.41, 5.74) is 4.16. The van der Waals surface area contributed by atoms with E-state index in [-0.39, 0.29) is 5.91 Å². The third kappa shape index (κ3) is 3.94. The highest BCUT2D eigenvalue weighted by Gasteiger charge is 2.24. The first-order valence-electron chi connectivity index (χ1n) is 9.77. The Hall–Kier alpha value is -2.66. The quantitative estimate of drug-likeness (QED) is 0.635. The van der Waals surface area contributed by atoms with Gasteiger partial charge in [0.1, 0.15) is 10.7 Å². The summed E-state index contributed by atoms with van der Waals surface area (Å²) in [7, 11) is 0. The molecular weight excluding hydrogens is 366 g/mol. The van der Waals surface area contributed by atoms with Gasteiger partial charge in [0.15, 0.2) is 0 Å². The molecule has 2 aromatic carbocycles. The van der Waals surface area contributed by atoms with E-state index in [1.165, 1.54) is 22.6 Å². The van der Waals surface area contributed by atoms with E-state index in [0.717, 1.165) is 36.8 Å². The fourth-order valence-electron chi connectivity index (χ4n) is 3.48. The second kappa shape index (κ2) is 8.15. The average Bonchev–Trinajstić information content (AvgIpc) is 3.24. The van der Waals surface area contributed by atoms with Crippen LogP contribution >= 0.6 is 11.3 Å². The second-order valence-corrected chi connectivity index (χ2v) is 8.29. The number of anilines is 1. The summed E-state index contributed by atoms with van der Waals surface area (Å²) in [6.45, 7) is 7.53. The van der Waals surface area contributed by atoms with E-state index in [9.17, 15) is 4.79 Å². The zero-order valence-electron chi connectivity index (χ0n) is 16.3. The summed E-state index contributed by atoms with van der Waals surface area (Å²) in [5.74, 6) is 0.547. The van der Waals surface area contributed by atoms with Crippen LogP contribution in [0.3, 0.4) is 0 Å². The molecule has 0 spiro atoms. The molecule has 1 amide bonds. The van der Waals surface area contributed by atoms with Gasteiger partial charge in [-0.05, 0) is 23.6 Å². The third-order valence-corrected chi connectivity index (χ3v) is 6.13. The number of benzene rings is 2. The number of piperazine rings is 1. The molecule has 5 heteroatoms. The molecule has 1 saturated heterocycles. The Kier molecular flexibility index (Phi) is 5.44. The van der Waals surface area contributed by atoms with Crippen LogP contribution in [-0.4, -0.2) is 42.0 Å². The number of nitrogens with zero attached hydrogens (tertiary/aromatic N) is 3. The highest BCUT2D eigenvalue weighted by atomic mass is 32.1. The largest absolute Gasteiger partial charge is 0.368 e. The first kappa shape index (κ1) is 18.7. The van der Waals surface area contributed by atoms with E-state index in [2.05, 4.69) is 72.3 Å². The van der Waals surface area contributed by atoms with Crippen LogP contribution in [-0.2, 0) is 0 Å². The van der Waals surface area contributed by atoms with E-state index in [4.69, 9.17) is 0 Å². The molecule has 0 bridgehead atoms. The SMILES string of the molecule is CC(C)c1ccc(-c2nc(C(=O)N3CCN(c4ccccc4)CC3)cs2)cc1. The van der Waals surface area contributed by atoms with Gasteiger partial charge < -0.3 is 9.80 Å². The Balaban J connectivity index is 1.41. The van der Waals surface area contributed by atoms with Crippen molar-refractivity contribution in [3.05, 3.63) is 71.2 Å². The smallest absolute Gasteiger partial charge is 0.273 e. The van der Waals surface area contributed by atoms with Crippen molar-refractivity contribution < 1.29 is 4.79 Å². The van der Waals surface area contributed by atoms with Crippen molar-refractivity contribution >= 4 is 22.9 Å². The van der Waals surface area contributed by atoms with Gasteiger partial charge in [0.25, 0.3) is 5.91 Å². The Morgan fingerprint density at radius 1 is 0.964 bits per heavy atom. The van der Waals surface area contributed by atoms with E-state index >= 15 is 0 Å². The van der Waals surface area contributed by atoms with Crippen LogP contribution in [0.4, 0.5) is 5.69 Å². The molecule has 0 aliphatic carbocycles. The lowest BCUT2D eigenvalue weighted by atomic mass is 10.0. The molecule has 4 nitrogen and oxygen atoms in total. The Morgan fingerprint density at radius 3 is 2.29 bits per heavy atom. The minimum absolute atomic E-state index is 0.0361. The lowest BCUT2D eigenvalue weighted by Crippen LogP contribution is -2.48. The molecule has 1 aliphatic rings. The maximum Gasteiger partial charge on any atom is 0.273 e. The van der Waals surface area contributed by atoms with Crippen LogP contribution in [0.25, 0.3) is 10.6 Å². The van der Waals surface area contributed by atoms with Crippen LogP contribution in [0.1, 0.15) is 35.8 Å². The number of carbonyl (C=O) groups is 1. The van der Waals surface area contributed by atoms with Crippen molar-refractivity contribution in [1.29, 1.82) is 0 Å². The topological polar surface area (TPSA) is 36.4 Å². The predicted molar refractivity (Wildman–Crippen MR) is 116 cm³/mol. The van der Waals surface area contributed by atoms with Crippen LogP contribution in [0.15, 0.2) is 60.0 Å². The fraction of sp³-hybridized carbons (Fsp3) is 0.304. The van der Waals surface area contributed by atoms with Gasteiger partial charge >= 0.3 is 0 Å². The molecule has 2 heterocycles. The molecule has 1 aliphatic heterocycles. The van der Waals surface area contributed by atoms with E-state index in [0.29, 0.717) is 11.6 Å². The molecule has 0 radical (unpaired) electrons. The molecular formula is C23H25N3OS. The fourth-order valence-corrected chi connectivity index (χ4v) is 4.28. The van der Waals surface area contributed by atoms with Gasteiger partial charge in [0, 0.05) is 42.8 Å². The molecule has 144 valence electrons. The molecule has 3 aromatic rings. The monoisotopic (exact) mass is 391 g/mol. The maximum atomic E-state index is 12.9. The van der Waals surface area contributed by atoms with Gasteiger partial charge in [0.2, 0.25) is 0 Å². The summed E-state index contributed by atoms with van der Waals surface area (Å²) in [4.78, 5) is 21.7. The molecule has 1 aromatic heterocycles. The number of amides is 1. The van der Waals surface area contributed by atoms with E-state index in [1.807, 2.05) is 16.3 Å². The van der Waals surface area contributed by atoms with E-state index < -0.39 is 0 Å². The molecule has 0 atom stereocenters. The molecule has 28 heavy (non-hydrogen) atoms.